The van der Waals surface area contributed by atoms with Crippen molar-refractivity contribution in [3.63, 3.8) is 0 Å². The lowest BCUT2D eigenvalue weighted by atomic mass is 10.2. The summed E-state index contributed by atoms with van der Waals surface area (Å²) in [5.74, 6) is -1.41. The summed E-state index contributed by atoms with van der Waals surface area (Å²) in [7, 11) is -3.45. The predicted octanol–water partition coefficient (Wildman–Crippen LogP) is -0.0191. The average Bonchev–Trinajstić information content (AvgIpc) is 1.48. The first-order valence-corrected chi connectivity index (χ1v) is 6.40. The Bertz CT molecular complexity index is 269. The second-order valence-electron chi connectivity index (χ2n) is 2.95. The highest BCUT2D eigenvalue weighted by molar-refractivity contribution is 7.90. The first-order valence-electron chi connectivity index (χ1n) is 3.06. The molecule has 0 aromatic heterocycles. The minimum atomic E-state index is -3.45. The molecule has 0 aromatic carbocycles. The Balaban J connectivity index is 4.33. The van der Waals surface area contributed by atoms with E-state index in [1.165, 1.54) is 0 Å². The molecule has 0 bridgehead atoms. The molecule has 0 saturated heterocycles. The van der Waals surface area contributed by atoms with E-state index in [4.69, 9.17) is 4.55 Å². The summed E-state index contributed by atoms with van der Waals surface area (Å²) in [6.45, 7) is 0.988. The predicted molar refractivity (Wildman–Crippen MR) is 44.9 cm³/mol. The molecule has 0 rings (SSSR count). The molecule has 0 spiro atoms. The van der Waals surface area contributed by atoms with Crippen molar-refractivity contribution in [3.8, 4) is 0 Å². The van der Waals surface area contributed by atoms with E-state index < -0.39 is 38.1 Å². The van der Waals surface area contributed by atoms with Gasteiger partial charge >= 0.3 is 0 Å². The number of hydrogen-bond donors (Lipinski definition) is 1. The Morgan fingerprint density at radius 1 is 1.58 bits per heavy atom. The monoisotopic (exact) mass is 218 g/mol. The van der Waals surface area contributed by atoms with Crippen LogP contribution in [0.3, 0.4) is 0 Å². The van der Waals surface area contributed by atoms with Crippen molar-refractivity contribution in [2.24, 2.45) is 0 Å². The first-order chi connectivity index (χ1) is 5.12. The topological polar surface area (TPSA) is 71.4 Å². The van der Waals surface area contributed by atoms with Crippen molar-refractivity contribution in [2.75, 3.05) is 17.8 Å². The van der Waals surface area contributed by atoms with Crippen molar-refractivity contribution in [3.05, 3.63) is 0 Å². The van der Waals surface area contributed by atoms with Crippen molar-refractivity contribution in [1.29, 1.82) is 0 Å². The molecule has 0 radical (unpaired) electrons. The Kier molecular flexibility index (Phi) is 3.80. The van der Waals surface area contributed by atoms with Crippen LogP contribution in [0.25, 0.3) is 0 Å². The van der Waals surface area contributed by atoms with Crippen LogP contribution in [0, 0.1) is 0 Å². The molecule has 0 aliphatic carbocycles. The van der Waals surface area contributed by atoms with Gasteiger partial charge in [-0.2, -0.15) is 0 Å². The highest BCUT2D eigenvalue weighted by Crippen LogP contribution is 2.13. The quantitative estimate of drug-likeness (QED) is 0.673. The van der Waals surface area contributed by atoms with Gasteiger partial charge in [-0.25, -0.2) is 17.0 Å². The number of alkyl halides is 1. The van der Waals surface area contributed by atoms with Gasteiger partial charge in [-0.1, -0.05) is 0 Å². The fourth-order valence-electron chi connectivity index (χ4n) is 0.846. The minimum absolute atomic E-state index is 0.680. The maximum atomic E-state index is 13.1. The van der Waals surface area contributed by atoms with Gasteiger partial charge in [0.25, 0.3) is 0 Å². The number of hydrogen-bond acceptors (Lipinski definition) is 3. The fraction of sp³-hybridized carbons (Fsp3) is 1.00. The zero-order valence-electron chi connectivity index (χ0n) is 6.78. The van der Waals surface area contributed by atoms with E-state index in [9.17, 15) is 17.0 Å². The van der Waals surface area contributed by atoms with Crippen LogP contribution in [0.15, 0.2) is 0 Å². The normalized spacial score (nSPS) is 20.0. The van der Waals surface area contributed by atoms with E-state index in [0.29, 0.717) is 0 Å². The largest absolute Gasteiger partial charge is 0.306 e. The first kappa shape index (κ1) is 12.0. The summed E-state index contributed by atoms with van der Waals surface area (Å²) in [6.07, 6.45) is 0.880. The molecule has 4 nitrogen and oxygen atoms in total. The summed E-state index contributed by atoms with van der Waals surface area (Å²) < 4.78 is 52.8. The molecule has 0 fully saturated rings. The van der Waals surface area contributed by atoms with E-state index in [1.54, 1.807) is 0 Å². The average molecular weight is 218 g/mol. The second-order valence-corrected chi connectivity index (χ2v) is 6.02. The van der Waals surface area contributed by atoms with E-state index in [-0.39, 0.29) is 0 Å². The maximum absolute atomic E-state index is 13.1. The zero-order chi connectivity index (χ0) is 9.99. The second kappa shape index (κ2) is 3.80. The third kappa shape index (κ3) is 6.68. The number of sulfone groups is 1. The smallest absolute Gasteiger partial charge is 0.156 e. The van der Waals surface area contributed by atoms with Crippen LogP contribution in [-0.2, 0) is 20.9 Å². The lowest BCUT2D eigenvalue weighted by molar-refractivity contribution is 0.251. The zero-order valence-corrected chi connectivity index (χ0v) is 8.41. The highest BCUT2D eigenvalue weighted by Gasteiger charge is 2.30. The van der Waals surface area contributed by atoms with Gasteiger partial charge in [0, 0.05) is 6.26 Å². The SMILES string of the molecule is CC(F)(CS(=O)O)CS(C)(=O)=O. The van der Waals surface area contributed by atoms with Crippen LogP contribution < -0.4 is 0 Å². The van der Waals surface area contributed by atoms with Crippen LogP contribution in [-0.4, -0.2) is 40.6 Å². The summed E-state index contributed by atoms with van der Waals surface area (Å²) in [5.41, 5.74) is -2.13. The third-order valence-corrected chi connectivity index (χ3v) is 2.96. The van der Waals surface area contributed by atoms with Crippen LogP contribution in [0.2, 0.25) is 0 Å². The van der Waals surface area contributed by atoms with Crippen LogP contribution >= 0.6 is 0 Å². The Morgan fingerprint density at radius 3 is 2.25 bits per heavy atom. The van der Waals surface area contributed by atoms with E-state index in [1.807, 2.05) is 0 Å². The van der Waals surface area contributed by atoms with E-state index >= 15 is 0 Å². The Hall–Kier alpha value is -0.0100. The van der Waals surface area contributed by atoms with Gasteiger partial charge in [-0.15, -0.1) is 0 Å². The van der Waals surface area contributed by atoms with Gasteiger partial charge in [0.15, 0.2) is 20.9 Å². The van der Waals surface area contributed by atoms with Crippen molar-refractivity contribution >= 4 is 20.9 Å². The van der Waals surface area contributed by atoms with Crippen molar-refractivity contribution in [1.82, 2.24) is 0 Å². The van der Waals surface area contributed by atoms with Crippen molar-refractivity contribution in [2.45, 2.75) is 12.6 Å². The molecule has 0 aliphatic heterocycles. The van der Waals surface area contributed by atoms with Crippen LogP contribution in [0.4, 0.5) is 4.39 Å². The molecule has 74 valence electrons. The summed E-state index contributed by atoms with van der Waals surface area (Å²) >= 11 is -2.31. The Labute approximate surface area is 73.4 Å². The summed E-state index contributed by atoms with van der Waals surface area (Å²) in [5, 5.41) is 0. The highest BCUT2D eigenvalue weighted by atomic mass is 32.2. The minimum Gasteiger partial charge on any atom is -0.306 e. The summed E-state index contributed by atoms with van der Waals surface area (Å²) in [4.78, 5) is 0. The van der Waals surface area contributed by atoms with Crippen molar-refractivity contribution < 1.29 is 21.6 Å². The molecule has 2 unspecified atom stereocenters. The molecule has 1 N–H and O–H groups in total. The third-order valence-electron chi connectivity index (χ3n) is 0.988. The molecule has 7 heteroatoms. The molecular weight excluding hydrogens is 207 g/mol. The fourth-order valence-corrected chi connectivity index (χ4v) is 2.79. The Morgan fingerprint density at radius 2 is 2.00 bits per heavy atom. The standard InChI is InChI=1S/C5H11FO4S2/c1-5(6,3-11(7)8)4-12(2,9)10/h3-4H2,1-2H3,(H,7,8). The maximum Gasteiger partial charge on any atom is 0.156 e. The van der Waals surface area contributed by atoms with Gasteiger partial charge in [-0.3, -0.25) is 0 Å². The number of halogens is 1. The van der Waals surface area contributed by atoms with E-state index in [2.05, 4.69) is 0 Å². The van der Waals surface area contributed by atoms with Gasteiger partial charge in [0.2, 0.25) is 0 Å². The van der Waals surface area contributed by atoms with Gasteiger partial charge < -0.3 is 4.55 Å². The number of rotatable bonds is 4. The van der Waals surface area contributed by atoms with Gasteiger partial charge in [-0.05, 0) is 6.92 Å². The van der Waals surface area contributed by atoms with Gasteiger partial charge in [0.05, 0.1) is 11.5 Å². The molecule has 0 saturated carbocycles. The molecule has 0 amide bonds. The summed E-state index contributed by atoms with van der Waals surface area (Å²) in [6, 6.07) is 0. The molecule has 0 heterocycles. The molecular formula is C5H11FO4S2. The van der Waals surface area contributed by atoms with Gasteiger partial charge in [0.1, 0.15) is 5.67 Å². The lowest BCUT2D eigenvalue weighted by Crippen LogP contribution is -2.34. The molecule has 0 aromatic rings. The van der Waals surface area contributed by atoms with Crippen LogP contribution in [0.5, 0.6) is 0 Å². The molecule has 0 aliphatic rings. The molecule has 2 atom stereocenters. The lowest BCUT2D eigenvalue weighted by Gasteiger charge is -2.16. The van der Waals surface area contributed by atoms with Crippen LogP contribution in [0.1, 0.15) is 6.92 Å². The molecule has 12 heavy (non-hydrogen) atoms. The van der Waals surface area contributed by atoms with E-state index in [0.717, 1.165) is 13.2 Å².